The number of hydrogen-bond acceptors (Lipinski definition) is 5. The van der Waals surface area contributed by atoms with Gasteiger partial charge in [-0.2, -0.15) is 10.1 Å². The third-order valence-corrected chi connectivity index (χ3v) is 3.72. The van der Waals surface area contributed by atoms with Crippen LogP contribution in [0, 0.1) is 18.3 Å². The first-order valence-corrected chi connectivity index (χ1v) is 7.74. The molecule has 7 nitrogen and oxygen atoms in total. The summed E-state index contributed by atoms with van der Waals surface area (Å²) in [4.78, 5) is 13.7. The first kappa shape index (κ1) is 16.3. The topological polar surface area (TPSA) is 96.5 Å². The number of carbonyl (C=O) groups is 1. The molecule has 0 spiro atoms. The van der Waals surface area contributed by atoms with Crippen molar-refractivity contribution in [3.63, 3.8) is 0 Å². The predicted octanol–water partition coefficient (Wildman–Crippen LogP) is 2.72. The van der Waals surface area contributed by atoms with Gasteiger partial charge in [-0.3, -0.25) is 4.79 Å². The number of hydrogen-bond donors (Lipinski definition) is 1. The van der Waals surface area contributed by atoms with Gasteiger partial charge in [0.05, 0.1) is 11.6 Å². The van der Waals surface area contributed by atoms with Crippen molar-refractivity contribution < 1.29 is 4.79 Å². The fourth-order valence-electron chi connectivity index (χ4n) is 2.23. The highest BCUT2D eigenvalue weighted by Crippen LogP contribution is 2.16. The van der Waals surface area contributed by atoms with E-state index in [2.05, 4.69) is 20.7 Å². The summed E-state index contributed by atoms with van der Waals surface area (Å²) in [6.07, 6.45) is 0. The molecule has 0 fully saturated rings. The summed E-state index contributed by atoms with van der Waals surface area (Å²) in [6.45, 7) is 3.69. The molecule has 2 aromatic carbocycles. The second kappa shape index (κ2) is 6.93. The molecule has 0 saturated heterocycles. The fourth-order valence-corrected chi connectivity index (χ4v) is 2.23. The van der Waals surface area contributed by atoms with E-state index in [1.54, 1.807) is 31.2 Å². The number of nitriles is 1. The fraction of sp³-hybridized carbons (Fsp3) is 0.167. The van der Waals surface area contributed by atoms with Gasteiger partial charge in [-0.05, 0) is 37.3 Å². The van der Waals surface area contributed by atoms with Gasteiger partial charge in [0.15, 0.2) is 0 Å². The lowest BCUT2D eigenvalue weighted by molar-refractivity contribution is -0.119. The number of aryl methyl sites for hydroxylation is 1. The summed E-state index contributed by atoms with van der Waals surface area (Å²) in [5.41, 5.74) is 3.01. The van der Waals surface area contributed by atoms with Crippen LogP contribution in [0.2, 0.25) is 0 Å². The highest BCUT2D eigenvalue weighted by atomic mass is 16.2. The Labute approximate surface area is 144 Å². The number of amides is 1. The van der Waals surface area contributed by atoms with Gasteiger partial charge >= 0.3 is 0 Å². The van der Waals surface area contributed by atoms with Gasteiger partial charge in [-0.1, -0.05) is 35.9 Å². The summed E-state index contributed by atoms with van der Waals surface area (Å²) < 4.78 is 0. The van der Waals surface area contributed by atoms with Crippen LogP contribution in [0.1, 0.15) is 24.1 Å². The molecule has 1 aromatic heterocycles. The van der Waals surface area contributed by atoms with E-state index in [0.29, 0.717) is 17.1 Å². The molecule has 0 unspecified atom stereocenters. The van der Waals surface area contributed by atoms with Gasteiger partial charge in [0.25, 0.3) is 5.91 Å². The van der Waals surface area contributed by atoms with Gasteiger partial charge in [0, 0.05) is 11.3 Å². The van der Waals surface area contributed by atoms with Crippen LogP contribution < -0.4 is 5.32 Å². The molecule has 1 atom stereocenters. The lowest BCUT2D eigenvalue weighted by atomic mass is 10.1. The first-order valence-electron chi connectivity index (χ1n) is 7.74. The number of benzene rings is 2. The molecule has 0 bridgehead atoms. The van der Waals surface area contributed by atoms with Crippen LogP contribution in [0.3, 0.4) is 0 Å². The van der Waals surface area contributed by atoms with E-state index in [1.807, 2.05) is 37.3 Å². The smallest absolute Gasteiger partial charge is 0.250 e. The second-order valence-electron chi connectivity index (χ2n) is 5.66. The normalized spacial score (nSPS) is 11.6. The monoisotopic (exact) mass is 332 g/mol. The average Bonchev–Trinajstić information content (AvgIpc) is 3.12. The van der Waals surface area contributed by atoms with Crippen molar-refractivity contribution in [3.8, 4) is 17.5 Å². The zero-order valence-corrected chi connectivity index (χ0v) is 13.8. The largest absolute Gasteiger partial charge is 0.324 e. The summed E-state index contributed by atoms with van der Waals surface area (Å²) >= 11 is 0. The molecule has 1 N–H and O–H groups in total. The zero-order chi connectivity index (χ0) is 17.8. The number of aromatic nitrogens is 4. The number of nitrogens with zero attached hydrogens (tertiary/aromatic N) is 5. The lowest BCUT2D eigenvalue weighted by Gasteiger charge is -2.10. The van der Waals surface area contributed by atoms with Crippen molar-refractivity contribution in [1.29, 1.82) is 5.26 Å². The van der Waals surface area contributed by atoms with Crippen molar-refractivity contribution in [2.24, 2.45) is 0 Å². The molecule has 0 aliphatic rings. The SMILES string of the molecule is Cc1ccc(-c2nnn([C@@H](C)C(=O)Nc3cccc(C#N)c3)n2)cc1. The van der Waals surface area contributed by atoms with Crippen LogP contribution in [0.5, 0.6) is 0 Å². The highest BCUT2D eigenvalue weighted by molar-refractivity contribution is 5.93. The Morgan fingerprint density at radius 2 is 2.00 bits per heavy atom. The Morgan fingerprint density at radius 1 is 1.24 bits per heavy atom. The number of tetrazole rings is 1. The van der Waals surface area contributed by atoms with Gasteiger partial charge in [0.1, 0.15) is 6.04 Å². The standard InChI is InChI=1S/C18H16N6O/c1-12-6-8-15(9-7-12)17-21-23-24(22-17)13(2)18(25)20-16-5-3-4-14(10-16)11-19/h3-10,13H,1-2H3,(H,20,25)/t13-/m0/s1. The third-order valence-electron chi connectivity index (χ3n) is 3.72. The van der Waals surface area contributed by atoms with Crippen LogP contribution in [-0.2, 0) is 4.79 Å². The molecule has 1 amide bonds. The summed E-state index contributed by atoms with van der Waals surface area (Å²) in [6, 6.07) is 15.9. The molecule has 0 aliphatic heterocycles. The molecular formula is C18H16N6O. The van der Waals surface area contributed by atoms with E-state index >= 15 is 0 Å². The maximum Gasteiger partial charge on any atom is 0.250 e. The molecule has 1 heterocycles. The summed E-state index contributed by atoms with van der Waals surface area (Å²) in [7, 11) is 0. The molecule has 3 rings (SSSR count). The maximum atomic E-state index is 12.4. The zero-order valence-electron chi connectivity index (χ0n) is 13.8. The first-order chi connectivity index (χ1) is 12.1. The average molecular weight is 332 g/mol. The highest BCUT2D eigenvalue weighted by Gasteiger charge is 2.19. The van der Waals surface area contributed by atoms with Gasteiger partial charge in [0.2, 0.25) is 5.82 Å². The maximum absolute atomic E-state index is 12.4. The van der Waals surface area contributed by atoms with E-state index < -0.39 is 6.04 Å². The lowest BCUT2D eigenvalue weighted by Crippen LogP contribution is -2.25. The molecule has 124 valence electrons. The summed E-state index contributed by atoms with van der Waals surface area (Å²) in [5, 5.41) is 23.9. The Balaban J connectivity index is 1.74. The van der Waals surface area contributed by atoms with Crippen LogP contribution in [-0.4, -0.2) is 26.1 Å². The second-order valence-corrected chi connectivity index (χ2v) is 5.66. The van der Waals surface area contributed by atoms with Crippen LogP contribution in [0.15, 0.2) is 48.5 Å². The van der Waals surface area contributed by atoms with E-state index in [9.17, 15) is 4.79 Å². The van der Waals surface area contributed by atoms with Crippen molar-refractivity contribution in [1.82, 2.24) is 20.2 Å². The summed E-state index contributed by atoms with van der Waals surface area (Å²) in [5.74, 6) is 0.175. The third kappa shape index (κ3) is 3.70. The number of rotatable bonds is 4. The Hall–Kier alpha value is -3.53. The quantitative estimate of drug-likeness (QED) is 0.792. The number of anilines is 1. The number of nitrogens with one attached hydrogen (secondary N) is 1. The van der Waals surface area contributed by atoms with Gasteiger partial charge < -0.3 is 5.32 Å². The van der Waals surface area contributed by atoms with Crippen LogP contribution >= 0.6 is 0 Å². The minimum atomic E-state index is -0.641. The van der Waals surface area contributed by atoms with Crippen molar-refractivity contribution in [3.05, 3.63) is 59.7 Å². The van der Waals surface area contributed by atoms with Crippen molar-refractivity contribution in [2.75, 3.05) is 5.32 Å². The number of carbonyl (C=O) groups excluding carboxylic acids is 1. The van der Waals surface area contributed by atoms with Crippen molar-refractivity contribution >= 4 is 11.6 Å². The van der Waals surface area contributed by atoms with Crippen molar-refractivity contribution in [2.45, 2.75) is 19.9 Å². The Kier molecular flexibility index (Phi) is 4.53. The van der Waals surface area contributed by atoms with E-state index in [1.165, 1.54) is 4.80 Å². The minimum Gasteiger partial charge on any atom is -0.324 e. The molecule has 7 heteroatoms. The van der Waals surface area contributed by atoms with Gasteiger partial charge in [-0.25, -0.2) is 0 Å². The van der Waals surface area contributed by atoms with Crippen LogP contribution in [0.4, 0.5) is 5.69 Å². The molecule has 0 radical (unpaired) electrons. The molecule has 0 aliphatic carbocycles. The molecule has 25 heavy (non-hydrogen) atoms. The van der Waals surface area contributed by atoms with E-state index in [0.717, 1.165) is 11.1 Å². The minimum absolute atomic E-state index is 0.289. The van der Waals surface area contributed by atoms with Crippen LogP contribution in [0.25, 0.3) is 11.4 Å². The van der Waals surface area contributed by atoms with E-state index in [4.69, 9.17) is 5.26 Å². The van der Waals surface area contributed by atoms with Gasteiger partial charge in [-0.15, -0.1) is 10.2 Å². The molecule has 0 saturated carbocycles. The predicted molar refractivity (Wildman–Crippen MR) is 92.5 cm³/mol. The van der Waals surface area contributed by atoms with E-state index in [-0.39, 0.29) is 5.91 Å². The molecule has 3 aromatic rings. The Morgan fingerprint density at radius 3 is 2.72 bits per heavy atom. The molecular weight excluding hydrogens is 316 g/mol. The Bertz CT molecular complexity index is 939.